The van der Waals surface area contributed by atoms with Crippen molar-refractivity contribution in [3.05, 3.63) is 70.2 Å². The zero-order valence-corrected chi connectivity index (χ0v) is 14.2. The molecule has 5 heteroatoms. The van der Waals surface area contributed by atoms with Gasteiger partial charge >= 0.3 is 11.8 Å². The zero-order valence-electron chi connectivity index (χ0n) is 12.6. The van der Waals surface area contributed by atoms with Crippen molar-refractivity contribution >= 4 is 27.7 Å². The van der Waals surface area contributed by atoms with Gasteiger partial charge in [0.2, 0.25) is 0 Å². The van der Waals surface area contributed by atoms with E-state index in [9.17, 15) is 9.59 Å². The van der Waals surface area contributed by atoms with Gasteiger partial charge < -0.3 is 9.80 Å². The van der Waals surface area contributed by atoms with E-state index in [2.05, 4.69) is 15.9 Å². The number of benzene rings is 2. The highest BCUT2D eigenvalue weighted by Crippen LogP contribution is 2.15. The molecular formula is C18H17BrN2O2. The second kappa shape index (κ2) is 6.96. The van der Waals surface area contributed by atoms with Crippen LogP contribution in [0.4, 0.5) is 0 Å². The van der Waals surface area contributed by atoms with Crippen molar-refractivity contribution in [1.29, 1.82) is 0 Å². The zero-order chi connectivity index (χ0) is 16.2. The van der Waals surface area contributed by atoms with Crippen molar-refractivity contribution in [2.75, 3.05) is 13.1 Å². The molecule has 2 aromatic carbocycles. The summed E-state index contributed by atoms with van der Waals surface area (Å²) in [4.78, 5) is 27.9. The number of piperazine rings is 1. The van der Waals surface area contributed by atoms with Crippen LogP contribution in [0.1, 0.15) is 11.1 Å². The third kappa shape index (κ3) is 3.79. The van der Waals surface area contributed by atoms with E-state index in [-0.39, 0.29) is 0 Å². The standard InChI is InChI=1S/C18H17BrN2O2/c19-16-8-6-15(7-9-16)13-21-11-10-20(17(22)18(21)23)12-14-4-2-1-3-5-14/h1-9H,10-13H2. The van der Waals surface area contributed by atoms with Crippen LogP contribution in [0.2, 0.25) is 0 Å². The lowest BCUT2D eigenvalue weighted by Crippen LogP contribution is -2.53. The smallest absolute Gasteiger partial charge is 0.312 e. The maximum absolute atomic E-state index is 12.3. The monoisotopic (exact) mass is 372 g/mol. The number of amides is 2. The van der Waals surface area contributed by atoms with Crippen LogP contribution in [0.3, 0.4) is 0 Å². The Morgan fingerprint density at radius 1 is 0.739 bits per heavy atom. The van der Waals surface area contributed by atoms with Crippen LogP contribution in [0.5, 0.6) is 0 Å². The summed E-state index contributed by atoms with van der Waals surface area (Å²) in [5.41, 5.74) is 2.06. The second-order valence-electron chi connectivity index (χ2n) is 5.57. The summed E-state index contributed by atoms with van der Waals surface area (Å²) in [6.07, 6.45) is 0. The van der Waals surface area contributed by atoms with Gasteiger partial charge in [0.05, 0.1) is 0 Å². The minimum Gasteiger partial charge on any atom is -0.328 e. The van der Waals surface area contributed by atoms with E-state index >= 15 is 0 Å². The van der Waals surface area contributed by atoms with Crippen molar-refractivity contribution in [2.45, 2.75) is 13.1 Å². The Kier molecular flexibility index (Phi) is 4.76. The molecule has 118 valence electrons. The molecule has 0 bridgehead atoms. The summed E-state index contributed by atoms with van der Waals surface area (Å²) in [6, 6.07) is 17.5. The Morgan fingerprint density at radius 2 is 1.22 bits per heavy atom. The summed E-state index contributed by atoms with van der Waals surface area (Å²) < 4.78 is 0.997. The lowest BCUT2D eigenvalue weighted by molar-refractivity contribution is -0.156. The molecule has 0 atom stereocenters. The summed E-state index contributed by atoms with van der Waals surface area (Å²) in [5, 5.41) is 0. The van der Waals surface area contributed by atoms with Crippen molar-refractivity contribution in [2.24, 2.45) is 0 Å². The van der Waals surface area contributed by atoms with Crippen LogP contribution >= 0.6 is 15.9 Å². The van der Waals surface area contributed by atoms with Crippen LogP contribution in [0, 0.1) is 0 Å². The molecule has 0 N–H and O–H groups in total. The molecule has 1 aliphatic heterocycles. The molecule has 23 heavy (non-hydrogen) atoms. The third-order valence-corrected chi connectivity index (χ3v) is 4.43. The molecule has 2 aromatic rings. The van der Waals surface area contributed by atoms with Gasteiger partial charge in [-0.25, -0.2) is 0 Å². The Balaban J connectivity index is 1.64. The number of hydrogen-bond acceptors (Lipinski definition) is 2. The maximum atomic E-state index is 12.3. The first-order valence-corrected chi connectivity index (χ1v) is 8.29. The van der Waals surface area contributed by atoms with Gasteiger partial charge in [-0.3, -0.25) is 9.59 Å². The molecule has 3 rings (SSSR count). The highest BCUT2D eigenvalue weighted by Gasteiger charge is 2.32. The molecule has 1 aliphatic rings. The average molecular weight is 373 g/mol. The molecule has 4 nitrogen and oxygen atoms in total. The van der Waals surface area contributed by atoms with E-state index in [0.29, 0.717) is 26.2 Å². The Hall–Kier alpha value is -2.14. The molecule has 0 aromatic heterocycles. The van der Waals surface area contributed by atoms with E-state index in [1.807, 2.05) is 54.6 Å². The van der Waals surface area contributed by atoms with Gasteiger partial charge in [-0.2, -0.15) is 0 Å². The van der Waals surface area contributed by atoms with E-state index < -0.39 is 11.8 Å². The normalized spacial score (nSPS) is 15.2. The van der Waals surface area contributed by atoms with Crippen LogP contribution in [-0.2, 0) is 22.7 Å². The van der Waals surface area contributed by atoms with Gasteiger partial charge in [-0.1, -0.05) is 58.4 Å². The molecule has 0 saturated carbocycles. The van der Waals surface area contributed by atoms with E-state index in [1.165, 1.54) is 0 Å². The van der Waals surface area contributed by atoms with E-state index in [4.69, 9.17) is 0 Å². The lowest BCUT2D eigenvalue weighted by Gasteiger charge is -2.33. The third-order valence-electron chi connectivity index (χ3n) is 3.90. The first kappa shape index (κ1) is 15.7. The summed E-state index contributed by atoms with van der Waals surface area (Å²) in [5.74, 6) is -0.840. The number of halogens is 1. The SMILES string of the molecule is O=C1C(=O)N(Cc2ccc(Br)cc2)CCN1Cc1ccccc1. The summed E-state index contributed by atoms with van der Waals surface area (Å²) >= 11 is 3.39. The molecule has 0 unspecified atom stereocenters. The van der Waals surface area contributed by atoms with Crippen molar-refractivity contribution < 1.29 is 9.59 Å². The minimum atomic E-state index is -0.421. The molecule has 0 aliphatic carbocycles. The minimum absolute atomic E-state index is 0.419. The van der Waals surface area contributed by atoms with Gasteiger partial charge in [-0.05, 0) is 23.3 Å². The Bertz CT molecular complexity index is 701. The first-order valence-electron chi connectivity index (χ1n) is 7.50. The fourth-order valence-electron chi connectivity index (χ4n) is 2.63. The van der Waals surface area contributed by atoms with Gasteiger partial charge in [0.1, 0.15) is 0 Å². The van der Waals surface area contributed by atoms with Gasteiger partial charge in [0.25, 0.3) is 0 Å². The molecule has 0 radical (unpaired) electrons. The molecular weight excluding hydrogens is 356 g/mol. The van der Waals surface area contributed by atoms with Crippen molar-refractivity contribution in [1.82, 2.24) is 9.80 Å². The maximum Gasteiger partial charge on any atom is 0.312 e. The number of nitrogens with zero attached hydrogens (tertiary/aromatic N) is 2. The molecule has 1 fully saturated rings. The van der Waals surface area contributed by atoms with Gasteiger partial charge in [0.15, 0.2) is 0 Å². The Morgan fingerprint density at radius 3 is 1.74 bits per heavy atom. The van der Waals surface area contributed by atoms with Crippen LogP contribution < -0.4 is 0 Å². The molecule has 1 heterocycles. The number of rotatable bonds is 4. The van der Waals surface area contributed by atoms with Gasteiger partial charge in [0, 0.05) is 30.7 Å². The first-order chi connectivity index (χ1) is 11.1. The van der Waals surface area contributed by atoms with E-state index in [0.717, 1.165) is 15.6 Å². The quantitative estimate of drug-likeness (QED) is 0.774. The van der Waals surface area contributed by atoms with Crippen LogP contribution in [0.15, 0.2) is 59.1 Å². The number of hydrogen-bond donors (Lipinski definition) is 0. The highest BCUT2D eigenvalue weighted by molar-refractivity contribution is 9.10. The van der Waals surface area contributed by atoms with E-state index in [1.54, 1.807) is 9.80 Å². The summed E-state index contributed by atoms with van der Waals surface area (Å²) in [6.45, 7) is 2.08. The van der Waals surface area contributed by atoms with Gasteiger partial charge in [-0.15, -0.1) is 0 Å². The Labute approximate surface area is 143 Å². The molecule has 1 saturated heterocycles. The van der Waals surface area contributed by atoms with Crippen molar-refractivity contribution in [3.63, 3.8) is 0 Å². The lowest BCUT2D eigenvalue weighted by atomic mass is 10.1. The molecule has 2 amide bonds. The predicted octanol–water partition coefficient (Wildman–Crippen LogP) is 2.82. The van der Waals surface area contributed by atoms with Crippen molar-refractivity contribution in [3.8, 4) is 0 Å². The highest BCUT2D eigenvalue weighted by atomic mass is 79.9. The largest absolute Gasteiger partial charge is 0.328 e. The second-order valence-corrected chi connectivity index (χ2v) is 6.48. The predicted molar refractivity (Wildman–Crippen MR) is 91.4 cm³/mol. The fraction of sp³-hybridized carbons (Fsp3) is 0.222. The summed E-state index contributed by atoms with van der Waals surface area (Å²) in [7, 11) is 0. The number of carbonyl (C=O) groups excluding carboxylic acids is 2. The van der Waals surface area contributed by atoms with Crippen LogP contribution in [0.25, 0.3) is 0 Å². The fourth-order valence-corrected chi connectivity index (χ4v) is 2.90. The average Bonchev–Trinajstić information content (AvgIpc) is 2.57. The van der Waals surface area contributed by atoms with Crippen LogP contribution in [-0.4, -0.2) is 34.7 Å². The molecule has 0 spiro atoms. The number of carbonyl (C=O) groups is 2. The topological polar surface area (TPSA) is 40.6 Å².